The monoisotopic (exact) mass is 203 g/mol. The van der Waals surface area contributed by atoms with E-state index in [-0.39, 0.29) is 10.8 Å². The molecule has 0 aliphatic heterocycles. The summed E-state index contributed by atoms with van der Waals surface area (Å²) in [5.74, 6) is -0.210. The average molecular weight is 204 g/mol. The molecule has 12 heavy (non-hydrogen) atoms. The number of hydrogen-bond donors (Lipinski definition) is 0. The fourth-order valence-corrected chi connectivity index (χ4v) is 1.52. The normalized spacial score (nSPS) is 9.83. The van der Waals surface area contributed by atoms with E-state index in [4.69, 9.17) is 11.6 Å². The molecular weight excluding hydrogens is 199 g/mol. The molecule has 0 N–H and O–H groups in total. The van der Waals surface area contributed by atoms with Crippen molar-refractivity contribution in [1.29, 1.82) is 0 Å². The van der Waals surface area contributed by atoms with Crippen molar-refractivity contribution in [2.75, 3.05) is 5.75 Å². The molecule has 0 aliphatic carbocycles. The van der Waals surface area contributed by atoms with Crippen LogP contribution in [0.15, 0.2) is 23.1 Å². The Morgan fingerprint density at radius 2 is 2.33 bits per heavy atom. The Bertz CT molecular complexity index is 290. The Hall–Kier alpha value is -0.540. The van der Waals surface area contributed by atoms with E-state index in [2.05, 4.69) is 0 Å². The Labute approximate surface area is 78.9 Å². The first-order valence-electron chi connectivity index (χ1n) is 3.17. The maximum Gasteiger partial charge on any atom is 0.209 e. The molecule has 0 fully saturated rings. The molecule has 0 heterocycles. The zero-order valence-corrected chi connectivity index (χ0v) is 7.58. The third-order valence-corrected chi connectivity index (χ3v) is 2.33. The van der Waals surface area contributed by atoms with Crippen LogP contribution in [0, 0.1) is 5.82 Å². The molecule has 1 aromatic carbocycles. The fraction of sp³-hybridized carbons (Fsp3) is 0.125. The van der Waals surface area contributed by atoms with Gasteiger partial charge < -0.3 is 0 Å². The van der Waals surface area contributed by atoms with Crippen LogP contribution in [-0.2, 0) is 4.79 Å². The summed E-state index contributed by atoms with van der Waals surface area (Å²) in [6.45, 7) is 0. The zero-order valence-electron chi connectivity index (χ0n) is 6.01. The number of thioether (sulfide) groups is 1. The number of benzene rings is 1. The molecule has 1 aromatic rings. The van der Waals surface area contributed by atoms with Gasteiger partial charge in [0.1, 0.15) is 5.82 Å². The van der Waals surface area contributed by atoms with Gasteiger partial charge in [-0.1, -0.05) is 11.6 Å². The van der Waals surface area contributed by atoms with Gasteiger partial charge in [-0.25, -0.2) is 4.39 Å². The van der Waals surface area contributed by atoms with Crippen LogP contribution in [0.1, 0.15) is 0 Å². The molecule has 0 saturated carbocycles. The van der Waals surface area contributed by atoms with Gasteiger partial charge in [0.05, 0.1) is 10.8 Å². The highest BCUT2D eigenvalue weighted by Gasteiger charge is 2.00. The molecule has 0 amide bonds. The van der Waals surface area contributed by atoms with Crippen LogP contribution in [0.5, 0.6) is 0 Å². The second-order valence-electron chi connectivity index (χ2n) is 2.01. The number of halogens is 2. The van der Waals surface area contributed by atoms with Crippen molar-refractivity contribution in [2.24, 2.45) is 0 Å². The van der Waals surface area contributed by atoms with E-state index in [9.17, 15) is 9.18 Å². The van der Waals surface area contributed by atoms with Crippen LogP contribution in [0.3, 0.4) is 0 Å². The van der Waals surface area contributed by atoms with Gasteiger partial charge >= 0.3 is 0 Å². The molecule has 0 atom stereocenters. The van der Waals surface area contributed by atoms with Gasteiger partial charge in [-0.2, -0.15) is 0 Å². The number of carbonyl (C=O) groups excluding carboxylic acids is 1. The first-order chi connectivity index (χ1) is 5.74. The molecule has 0 unspecified atom stereocenters. The van der Waals surface area contributed by atoms with Gasteiger partial charge in [0.2, 0.25) is 6.29 Å². The van der Waals surface area contributed by atoms with Crippen LogP contribution in [0.4, 0.5) is 4.39 Å². The maximum absolute atomic E-state index is 12.6. The molecule has 0 aliphatic rings. The smallest absolute Gasteiger partial charge is 0.209 e. The van der Waals surface area contributed by atoms with E-state index >= 15 is 0 Å². The van der Waals surface area contributed by atoms with Crippen molar-refractivity contribution in [3.8, 4) is 0 Å². The van der Waals surface area contributed by atoms with Crippen molar-refractivity contribution in [2.45, 2.75) is 4.90 Å². The lowest BCUT2D eigenvalue weighted by Gasteiger charge is -1.98. The van der Waals surface area contributed by atoms with Crippen molar-refractivity contribution < 1.29 is 9.18 Å². The Morgan fingerprint density at radius 1 is 1.58 bits per heavy atom. The molecule has 63 valence electrons. The first-order valence-corrected chi connectivity index (χ1v) is 4.53. The van der Waals surface area contributed by atoms with Crippen LogP contribution in [0.2, 0.25) is 5.02 Å². The van der Waals surface area contributed by atoms with E-state index in [0.717, 1.165) is 4.90 Å². The molecule has 0 saturated heterocycles. The highest BCUT2D eigenvalue weighted by Crippen LogP contribution is 2.23. The van der Waals surface area contributed by atoms with Gasteiger partial charge in [0, 0.05) is 4.90 Å². The van der Waals surface area contributed by atoms with E-state index in [0.29, 0.717) is 0 Å². The number of rotatable bonds is 3. The second-order valence-corrected chi connectivity index (χ2v) is 3.46. The topological polar surface area (TPSA) is 17.1 Å². The molecule has 0 bridgehead atoms. The SMILES string of the molecule is O=[C]CSc1ccc(F)c(Cl)c1. The third kappa shape index (κ3) is 2.50. The lowest BCUT2D eigenvalue weighted by Crippen LogP contribution is -1.81. The summed E-state index contributed by atoms with van der Waals surface area (Å²) in [5.41, 5.74) is 0. The molecule has 0 aromatic heterocycles. The summed E-state index contributed by atoms with van der Waals surface area (Å²) >= 11 is 6.77. The van der Waals surface area contributed by atoms with Crippen LogP contribution in [-0.4, -0.2) is 12.0 Å². The van der Waals surface area contributed by atoms with Crippen LogP contribution in [0.25, 0.3) is 0 Å². The highest BCUT2D eigenvalue weighted by molar-refractivity contribution is 7.99. The molecular formula is C8H5ClFOS. The molecule has 0 spiro atoms. The Kier molecular flexibility index (Phi) is 3.56. The third-order valence-electron chi connectivity index (χ3n) is 1.19. The first kappa shape index (κ1) is 9.55. The lowest BCUT2D eigenvalue weighted by molar-refractivity contribution is 0.560. The molecule has 1 rings (SSSR count). The predicted octanol–water partition coefficient (Wildman–Crippen LogP) is 2.68. The van der Waals surface area contributed by atoms with Crippen LogP contribution < -0.4 is 0 Å². The minimum atomic E-state index is -0.448. The largest absolute Gasteiger partial charge is 0.290 e. The summed E-state index contributed by atoms with van der Waals surface area (Å²) in [6.07, 6.45) is 1.73. The highest BCUT2D eigenvalue weighted by atomic mass is 35.5. The quantitative estimate of drug-likeness (QED) is 0.703. The molecule has 4 heteroatoms. The fourth-order valence-electron chi connectivity index (χ4n) is 0.679. The second kappa shape index (κ2) is 4.48. The molecule has 1 radical (unpaired) electrons. The number of hydrogen-bond acceptors (Lipinski definition) is 2. The van der Waals surface area contributed by atoms with Crippen molar-refractivity contribution in [3.05, 3.63) is 29.0 Å². The van der Waals surface area contributed by atoms with Gasteiger partial charge in [0.25, 0.3) is 0 Å². The maximum atomic E-state index is 12.6. The van der Waals surface area contributed by atoms with Gasteiger partial charge in [-0.3, -0.25) is 4.79 Å². The summed E-state index contributed by atoms with van der Waals surface area (Å²) in [7, 11) is 0. The minimum Gasteiger partial charge on any atom is -0.290 e. The Balaban J connectivity index is 2.75. The zero-order chi connectivity index (χ0) is 8.97. The minimum absolute atomic E-state index is 0.0749. The van der Waals surface area contributed by atoms with Crippen LogP contribution >= 0.6 is 23.4 Å². The van der Waals surface area contributed by atoms with E-state index < -0.39 is 5.82 Å². The average Bonchev–Trinajstić information content (AvgIpc) is 2.07. The summed E-state index contributed by atoms with van der Waals surface area (Å²) in [6, 6.07) is 4.33. The van der Waals surface area contributed by atoms with Gasteiger partial charge in [0.15, 0.2) is 0 Å². The van der Waals surface area contributed by atoms with Gasteiger partial charge in [-0.15, -0.1) is 11.8 Å². The lowest BCUT2D eigenvalue weighted by atomic mass is 10.3. The van der Waals surface area contributed by atoms with E-state index in [1.807, 2.05) is 0 Å². The Morgan fingerprint density at radius 3 is 2.92 bits per heavy atom. The van der Waals surface area contributed by atoms with Gasteiger partial charge in [-0.05, 0) is 18.2 Å². The van der Waals surface area contributed by atoms with Crippen molar-refractivity contribution in [1.82, 2.24) is 0 Å². The van der Waals surface area contributed by atoms with Crippen molar-refractivity contribution in [3.63, 3.8) is 0 Å². The standard InChI is InChI=1S/C8H5ClFOS/c9-7-5-6(12-4-3-11)1-2-8(7)10/h1-2,5H,4H2. The summed E-state index contributed by atoms with van der Waals surface area (Å²) < 4.78 is 12.6. The predicted molar refractivity (Wildman–Crippen MR) is 47.8 cm³/mol. The molecule has 1 nitrogen and oxygen atoms in total. The van der Waals surface area contributed by atoms with E-state index in [1.54, 1.807) is 12.4 Å². The van der Waals surface area contributed by atoms with E-state index in [1.165, 1.54) is 23.9 Å². The summed E-state index contributed by atoms with van der Waals surface area (Å²) in [4.78, 5) is 10.6. The summed E-state index contributed by atoms with van der Waals surface area (Å²) in [5, 5.41) is 0.0749. The van der Waals surface area contributed by atoms with Crippen molar-refractivity contribution >= 4 is 29.6 Å².